The number of rotatable bonds is 18. The van der Waals surface area contributed by atoms with Crippen molar-refractivity contribution >= 4 is 0 Å². The predicted octanol–water partition coefficient (Wildman–Crippen LogP) is 9.54. The van der Waals surface area contributed by atoms with Gasteiger partial charge in [0, 0.05) is 23.2 Å². The van der Waals surface area contributed by atoms with Gasteiger partial charge in [-0.3, -0.25) is 4.98 Å². The van der Waals surface area contributed by atoms with Crippen molar-refractivity contribution in [2.45, 2.75) is 111 Å². The first kappa shape index (κ1) is 29.6. The molecule has 1 atom stereocenters. The van der Waals surface area contributed by atoms with Gasteiger partial charge in [0.15, 0.2) is 6.29 Å². The van der Waals surface area contributed by atoms with Gasteiger partial charge < -0.3 is 14.2 Å². The van der Waals surface area contributed by atoms with E-state index in [9.17, 15) is 0 Å². The van der Waals surface area contributed by atoms with Gasteiger partial charge in [-0.25, -0.2) is 0 Å². The lowest BCUT2D eigenvalue weighted by molar-refractivity contribution is -0.206. The fourth-order valence-electron chi connectivity index (χ4n) is 4.90. The van der Waals surface area contributed by atoms with Gasteiger partial charge in [-0.2, -0.15) is 0 Å². The molecule has 0 radical (unpaired) electrons. The Morgan fingerprint density at radius 3 is 2.19 bits per heavy atom. The second kappa shape index (κ2) is 17.6. The van der Waals surface area contributed by atoms with E-state index in [2.05, 4.69) is 50.0 Å². The Morgan fingerprint density at radius 1 is 0.838 bits per heavy atom. The molecule has 1 aliphatic rings. The summed E-state index contributed by atoms with van der Waals surface area (Å²) in [6, 6.07) is 12.4. The van der Waals surface area contributed by atoms with Gasteiger partial charge in [-0.05, 0) is 55.5 Å². The van der Waals surface area contributed by atoms with Crippen molar-refractivity contribution in [2.75, 3.05) is 19.8 Å². The van der Waals surface area contributed by atoms with Gasteiger partial charge in [0.2, 0.25) is 0 Å². The van der Waals surface area contributed by atoms with Gasteiger partial charge in [0.1, 0.15) is 5.75 Å². The van der Waals surface area contributed by atoms with Crippen molar-refractivity contribution < 1.29 is 14.2 Å². The molecule has 0 aliphatic carbocycles. The summed E-state index contributed by atoms with van der Waals surface area (Å²) in [5, 5.41) is 0. The first-order chi connectivity index (χ1) is 18.2. The summed E-state index contributed by atoms with van der Waals surface area (Å²) >= 11 is 0. The molecule has 0 N–H and O–H groups in total. The third-order valence-electron chi connectivity index (χ3n) is 7.70. The molecule has 1 aliphatic heterocycles. The van der Waals surface area contributed by atoms with Crippen LogP contribution in [0.1, 0.15) is 116 Å². The van der Waals surface area contributed by atoms with Crippen LogP contribution in [0.25, 0.3) is 11.3 Å². The smallest absolute Gasteiger partial charge is 0.185 e. The standard InChI is InChI=1S/C33H51NO3/c1-4-6-7-8-9-10-11-12-16-28-25-36-33(37-26-28)30-19-22-32(34-24-30)29-17-20-31(21-18-29)35-23-14-13-15-27(3)5-2/h17-22,24,27-28,33H,4-16,23,25-26H2,1-3H3/t27-,28-,33-/m0/s1. The van der Waals surface area contributed by atoms with E-state index in [1.54, 1.807) is 0 Å². The van der Waals surface area contributed by atoms with Crippen LogP contribution in [0.15, 0.2) is 42.6 Å². The monoisotopic (exact) mass is 509 g/mol. The molecule has 1 fully saturated rings. The molecule has 2 heterocycles. The highest BCUT2D eigenvalue weighted by molar-refractivity contribution is 5.60. The normalized spacial score (nSPS) is 18.6. The van der Waals surface area contributed by atoms with Gasteiger partial charge in [0.05, 0.1) is 25.5 Å². The quantitative estimate of drug-likeness (QED) is 0.188. The summed E-state index contributed by atoms with van der Waals surface area (Å²) in [6.07, 6.45) is 18.6. The SMILES string of the molecule is CCCCCCCCCC[C@H]1CO[C@H](c2ccc(-c3ccc(OCCCC[C@@H](C)CC)cc3)nc2)OC1. The lowest BCUT2D eigenvalue weighted by atomic mass is 10.0. The number of hydrogen-bond donors (Lipinski definition) is 0. The van der Waals surface area contributed by atoms with Crippen LogP contribution >= 0.6 is 0 Å². The molecule has 4 nitrogen and oxygen atoms in total. The Bertz CT molecular complexity index is 828. The number of pyridine rings is 1. The molecule has 0 unspecified atom stereocenters. The number of hydrogen-bond acceptors (Lipinski definition) is 4. The summed E-state index contributed by atoms with van der Waals surface area (Å²) in [7, 11) is 0. The summed E-state index contributed by atoms with van der Waals surface area (Å²) in [5.74, 6) is 2.26. The summed E-state index contributed by atoms with van der Waals surface area (Å²) in [6.45, 7) is 9.20. The predicted molar refractivity (Wildman–Crippen MR) is 154 cm³/mol. The van der Waals surface area contributed by atoms with E-state index in [1.807, 2.05) is 18.3 Å². The van der Waals surface area contributed by atoms with Gasteiger partial charge in [-0.15, -0.1) is 0 Å². The van der Waals surface area contributed by atoms with Crippen molar-refractivity contribution in [3.63, 3.8) is 0 Å². The number of unbranched alkanes of at least 4 members (excludes halogenated alkanes) is 8. The van der Waals surface area contributed by atoms with Crippen molar-refractivity contribution in [3.8, 4) is 17.0 Å². The van der Waals surface area contributed by atoms with Gasteiger partial charge >= 0.3 is 0 Å². The highest BCUT2D eigenvalue weighted by atomic mass is 16.7. The van der Waals surface area contributed by atoms with Crippen LogP contribution in [0.4, 0.5) is 0 Å². The van der Waals surface area contributed by atoms with Crippen LogP contribution in [0.3, 0.4) is 0 Å². The van der Waals surface area contributed by atoms with Crippen molar-refractivity contribution in [1.82, 2.24) is 4.98 Å². The molecule has 3 rings (SSSR count). The van der Waals surface area contributed by atoms with E-state index >= 15 is 0 Å². The Kier molecular flexibility index (Phi) is 14.1. The first-order valence-electron chi connectivity index (χ1n) is 15.1. The Hall–Kier alpha value is -1.91. The molecule has 2 aromatic rings. The van der Waals surface area contributed by atoms with Crippen molar-refractivity contribution in [1.29, 1.82) is 0 Å². The Balaban J connectivity index is 1.32. The van der Waals surface area contributed by atoms with Gasteiger partial charge in [-0.1, -0.05) is 91.0 Å². The van der Waals surface area contributed by atoms with Crippen LogP contribution in [0, 0.1) is 11.8 Å². The lowest BCUT2D eigenvalue weighted by Gasteiger charge is -2.29. The van der Waals surface area contributed by atoms with Crippen LogP contribution in [0.5, 0.6) is 5.75 Å². The van der Waals surface area contributed by atoms with E-state index in [1.165, 1.54) is 77.0 Å². The Labute approximate surface area is 226 Å². The fraction of sp³-hybridized carbons (Fsp3) is 0.667. The largest absolute Gasteiger partial charge is 0.494 e. The molecule has 0 bridgehead atoms. The Morgan fingerprint density at radius 2 is 1.54 bits per heavy atom. The maximum absolute atomic E-state index is 6.06. The molecule has 4 heteroatoms. The third-order valence-corrected chi connectivity index (χ3v) is 7.70. The van der Waals surface area contributed by atoms with E-state index in [4.69, 9.17) is 14.2 Å². The molecular weight excluding hydrogens is 458 g/mol. The van der Waals surface area contributed by atoms with Crippen LogP contribution in [-0.4, -0.2) is 24.8 Å². The minimum atomic E-state index is -0.299. The fourth-order valence-corrected chi connectivity index (χ4v) is 4.90. The van der Waals surface area contributed by atoms with E-state index in [0.717, 1.165) is 54.7 Å². The van der Waals surface area contributed by atoms with E-state index in [0.29, 0.717) is 5.92 Å². The molecule has 0 amide bonds. The molecule has 206 valence electrons. The summed E-state index contributed by atoms with van der Waals surface area (Å²) < 4.78 is 18.0. The topological polar surface area (TPSA) is 40.6 Å². The lowest BCUT2D eigenvalue weighted by Crippen LogP contribution is -2.27. The number of nitrogens with zero attached hydrogens (tertiary/aromatic N) is 1. The van der Waals surface area contributed by atoms with Crippen molar-refractivity contribution in [3.05, 3.63) is 48.2 Å². The molecule has 1 aromatic heterocycles. The van der Waals surface area contributed by atoms with Crippen LogP contribution in [-0.2, 0) is 9.47 Å². The second-order valence-corrected chi connectivity index (χ2v) is 11.0. The zero-order valence-electron chi connectivity index (χ0n) is 23.8. The van der Waals surface area contributed by atoms with E-state index < -0.39 is 0 Å². The highest BCUT2D eigenvalue weighted by Gasteiger charge is 2.23. The van der Waals surface area contributed by atoms with Crippen LogP contribution < -0.4 is 4.74 Å². The number of aromatic nitrogens is 1. The van der Waals surface area contributed by atoms with Gasteiger partial charge in [0.25, 0.3) is 0 Å². The number of ether oxygens (including phenoxy) is 3. The summed E-state index contributed by atoms with van der Waals surface area (Å²) in [5.41, 5.74) is 3.03. The van der Waals surface area contributed by atoms with Crippen molar-refractivity contribution in [2.24, 2.45) is 11.8 Å². The molecule has 37 heavy (non-hydrogen) atoms. The minimum Gasteiger partial charge on any atom is -0.494 e. The zero-order chi connectivity index (χ0) is 26.1. The highest BCUT2D eigenvalue weighted by Crippen LogP contribution is 2.29. The summed E-state index contributed by atoms with van der Waals surface area (Å²) in [4.78, 5) is 4.68. The average molecular weight is 510 g/mol. The maximum atomic E-state index is 6.06. The average Bonchev–Trinajstić information content (AvgIpc) is 2.95. The first-order valence-corrected chi connectivity index (χ1v) is 15.1. The maximum Gasteiger partial charge on any atom is 0.185 e. The second-order valence-electron chi connectivity index (χ2n) is 11.0. The molecule has 1 saturated heterocycles. The number of benzene rings is 1. The third kappa shape index (κ3) is 11.2. The van der Waals surface area contributed by atoms with E-state index in [-0.39, 0.29) is 6.29 Å². The molecule has 0 spiro atoms. The zero-order valence-corrected chi connectivity index (χ0v) is 23.8. The molecule has 0 saturated carbocycles. The molecular formula is C33H51NO3. The minimum absolute atomic E-state index is 0.299. The van der Waals surface area contributed by atoms with Crippen LogP contribution in [0.2, 0.25) is 0 Å². The molecule has 1 aromatic carbocycles.